The van der Waals surface area contributed by atoms with E-state index in [4.69, 9.17) is 0 Å². The van der Waals surface area contributed by atoms with Gasteiger partial charge in [-0.3, -0.25) is 9.47 Å². The smallest absolute Gasteiger partial charge is 0.170 e. The summed E-state index contributed by atoms with van der Waals surface area (Å²) in [6, 6.07) is 20.5. The van der Waals surface area contributed by atoms with E-state index >= 15 is 0 Å². The number of likely N-dealkylation sites (tertiary alicyclic amines) is 1. The summed E-state index contributed by atoms with van der Waals surface area (Å²) in [5.41, 5.74) is 1.31. The second-order valence-electron chi connectivity index (χ2n) is 7.54. The molecule has 0 spiro atoms. The SMILES string of the molecule is Cc1nnc(C2(O)CCN(Cc3ccccc3)CC2C)n1-c1ccccc1. The molecule has 2 heterocycles. The van der Waals surface area contributed by atoms with Crippen molar-refractivity contribution >= 4 is 0 Å². The molecule has 5 heteroatoms. The summed E-state index contributed by atoms with van der Waals surface area (Å²) in [7, 11) is 0. The molecule has 2 unspecified atom stereocenters. The van der Waals surface area contributed by atoms with Crippen molar-refractivity contribution in [3.05, 3.63) is 77.9 Å². The maximum atomic E-state index is 11.6. The zero-order chi connectivity index (χ0) is 18.9. The van der Waals surface area contributed by atoms with Gasteiger partial charge in [0.2, 0.25) is 0 Å². The number of rotatable bonds is 4. The van der Waals surface area contributed by atoms with E-state index in [0.717, 1.165) is 31.1 Å². The van der Waals surface area contributed by atoms with Gasteiger partial charge in [-0.2, -0.15) is 0 Å². The maximum Gasteiger partial charge on any atom is 0.170 e. The Bertz CT molecular complexity index is 893. The van der Waals surface area contributed by atoms with Crippen molar-refractivity contribution in [1.29, 1.82) is 0 Å². The van der Waals surface area contributed by atoms with Gasteiger partial charge in [0.1, 0.15) is 11.4 Å². The van der Waals surface area contributed by atoms with Crippen LogP contribution >= 0.6 is 0 Å². The number of aromatic nitrogens is 3. The third-order valence-electron chi connectivity index (χ3n) is 5.63. The van der Waals surface area contributed by atoms with Gasteiger partial charge in [0, 0.05) is 31.2 Å². The fraction of sp³-hybridized carbons (Fsp3) is 0.364. The second-order valence-corrected chi connectivity index (χ2v) is 7.54. The molecule has 3 aromatic rings. The minimum Gasteiger partial charge on any atom is -0.381 e. The Kier molecular flexibility index (Phi) is 4.81. The number of para-hydroxylation sites is 1. The molecule has 0 bridgehead atoms. The second kappa shape index (κ2) is 7.25. The van der Waals surface area contributed by atoms with Gasteiger partial charge in [-0.25, -0.2) is 0 Å². The van der Waals surface area contributed by atoms with E-state index in [1.165, 1.54) is 5.56 Å². The summed E-state index contributed by atoms with van der Waals surface area (Å²) in [4.78, 5) is 2.41. The molecule has 1 aliphatic rings. The average Bonchev–Trinajstić information content (AvgIpc) is 3.08. The summed E-state index contributed by atoms with van der Waals surface area (Å²) < 4.78 is 1.99. The Labute approximate surface area is 160 Å². The van der Waals surface area contributed by atoms with Crippen molar-refractivity contribution in [3.63, 3.8) is 0 Å². The van der Waals surface area contributed by atoms with Crippen molar-refractivity contribution < 1.29 is 5.11 Å². The van der Waals surface area contributed by atoms with Gasteiger partial charge in [0.05, 0.1) is 0 Å². The summed E-state index contributed by atoms with van der Waals surface area (Å²) in [6.07, 6.45) is 0.645. The molecule has 27 heavy (non-hydrogen) atoms. The van der Waals surface area contributed by atoms with E-state index < -0.39 is 5.60 Å². The van der Waals surface area contributed by atoms with Crippen LogP contribution in [0.5, 0.6) is 0 Å². The summed E-state index contributed by atoms with van der Waals surface area (Å²) in [5, 5.41) is 20.3. The molecule has 2 atom stereocenters. The van der Waals surface area contributed by atoms with Crippen LogP contribution < -0.4 is 0 Å². The van der Waals surface area contributed by atoms with Crippen LogP contribution in [0.4, 0.5) is 0 Å². The van der Waals surface area contributed by atoms with Crippen molar-refractivity contribution in [2.24, 2.45) is 5.92 Å². The number of aryl methyl sites for hydroxylation is 1. The lowest BCUT2D eigenvalue weighted by Gasteiger charge is -2.42. The molecule has 2 aromatic carbocycles. The van der Waals surface area contributed by atoms with Crippen LogP contribution in [0.25, 0.3) is 5.69 Å². The molecule has 140 valence electrons. The molecule has 1 aliphatic heterocycles. The lowest BCUT2D eigenvalue weighted by atomic mass is 9.81. The van der Waals surface area contributed by atoms with Gasteiger partial charge in [-0.15, -0.1) is 10.2 Å². The van der Waals surface area contributed by atoms with Crippen LogP contribution in [0.1, 0.15) is 30.6 Å². The van der Waals surface area contributed by atoms with E-state index in [1.807, 2.05) is 47.9 Å². The number of benzene rings is 2. The van der Waals surface area contributed by atoms with Crippen molar-refractivity contribution in [2.45, 2.75) is 32.4 Å². The van der Waals surface area contributed by atoms with Crippen molar-refractivity contribution in [2.75, 3.05) is 13.1 Å². The Morgan fingerprint density at radius 1 is 1.04 bits per heavy atom. The minimum absolute atomic E-state index is 0.0565. The van der Waals surface area contributed by atoms with Gasteiger partial charge in [-0.05, 0) is 31.0 Å². The average molecular weight is 362 g/mol. The minimum atomic E-state index is -0.982. The monoisotopic (exact) mass is 362 g/mol. The fourth-order valence-corrected chi connectivity index (χ4v) is 4.05. The number of nitrogens with zero attached hydrogens (tertiary/aromatic N) is 4. The molecule has 0 radical (unpaired) electrons. The van der Waals surface area contributed by atoms with Crippen LogP contribution in [0.3, 0.4) is 0 Å². The molecule has 5 nitrogen and oxygen atoms in total. The van der Waals surface area contributed by atoms with Gasteiger partial charge in [0.15, 0.2) is 5.82 Å². The molecule has 1 N–H and O–H groups in total. The molecule has 0 saturated carbocycles. The van der Waals surface area contributed by atoms with E-state index in [0.29, 0.717) is 12.2 Å². The van der Waals surface area contributed by atoms with E-state index in [9.17, 15) is 5.11 Å². The predicted molar refractivity (Wildman–Crippen MR) is 105 cm³/mol. The van der Waals surface area contributed by atoms with E-state index in [-0.39, 0.29) is 5.92 Å². The van der Waals surface area contributed by atoms with Crippen LogP contribution in [0, 0.1) is 12.8 Å². The number of hydrogen-bond acceptors (Lipinski definition) is 4. The van der Waals surface area contributed by atoms with Crippen molar-refractivity contribution in [3.8, 4) is 5.69 Å². The fourth-order valence-electron chi connectivity index (χ4n) is 4.05. The van der Waals surface area contributed by atoms with Crippen LogP contribution in [-0.4, -0.2) is 37.9 Å². The lowest BCUT2D eigenvalue weighted by molar-refractivity contribution is -0.0803. The first-order valence-corrected chi connectivity index (χ1v) is 9.54. The van der Waals surface area contributed by atoms with Gasteiger partial charge in [-0.1, -0.05) is 55.5 Å². The van der Waals surface area contributed by atoms with Crippen molar-refractivity contribution in [1.82, 2.24) is 19.7 Å². The van der Waals surface area contributed by atoms with Crippen LogP contribution in [0.15, 0.2) is 60.7 Å². The van der Waals surface area contributed by atoms with Gasteiger partial charge < -0.3 is 5.11 Å². The zero-order valence-electron chi connectivity index (χ0n) is 15.9. The first-order chi connectivity index (χ1) is 13.1. The summed E-state index contributed by atoms with van der Waals surface area (Å²) >= 11 is 0. The quantitative estimate of drug-likeness (QED) is 0.774. The largest absolute Gasteiger partial charge is 0.381 e. The first kappa shape index (κ1) is 17.9. The molecular formula is C22H26N4O. The highest BCUT2D eigenvalue weighted by Gasteiger charge is 2.44. The Hall–Kier alpha value is -2.50. The van der Waals surface area contributed by atoms with Crippen LogP contribution in [-0.2, 0) is 12.1 Å². The lowest BCUT2D eigenvalue weighted by Crippen LogP contribution is -2.49. The van der Waals surface area contributed by atoms with E-state index in [1.54, 1.807) is 0 Å². The number of hydrogen-bond donors (Lipinski definition) is 1. The Morgan fingerprint density at radius 3 is 2.37 bits per heavy atom. The number of aliphatic hydroxyl groups is 1. The standard InChI is InChI=1S/C22H26N4O/c1-17-15-25(16-19-9-5-3-6-10-19)14-13-22(17,27)21-24-23-18(2)26(21)20-11-7-4-8-12-20/h3-12,17,27H,13-16H2,1-2H3. The molecule has 1 fully saturated rings. The molecule has 4 rings (SSSR count). The Balaban J connectivity index is 1.59. The highest BCUT2D eigenvalue weighted by molar-refractivity contribution is 5.35. The molecule has 0 amide bonds. The molecule has 1 aromatic heterocycles. The third-order valence-corrected chi connectivity index (χ3v) is 5.63. The zero-order valence-corrected chi connectivity index (χ0v) is 15.9. The summed E-state index contributed by atoms with van der Waals surface area (Å²) in [6.45, 7) is 6.60. The topological polar surface area (TPSA) is 54.2 Å². The van der Waals surface area contributed by atoms with Gasteiger partial charge in [0.25, 0.3) is 0 Å². The third kappa shape index (κ3) is 3.40. The highest BCUT2D eigenvalue weighted by atomic mass is 16.3. The van der Waals surface area contributed by atoms with E-state index in [2.05, 4.69) is 46.3 Å². The maximum absolute atomic E-state index is 11.6. The predicted octanol–water partition coefficient (Wildman–Crippen LogP) is 3.31. The highest BCUT2D eigenvalue weighted by Crippen LogP contribution is 2.38. The molecular weight excluding hydrogens is 336 g/mol. The number of piperidine rings is 1. The molecule has 1 saturated heterocycles. The molecule has 0 aliphatic carbocycles. The van der Waals surface area contributed by atoms with Crippen LogP contribution in [0.2, 0.25) is 0 Å². The van der Waals surface area contributed by atoms with Gasteiger partial charge >= 0.3 is 0 Å². The summed E-state index contributed by atoms with van der Waals surface area (Å²) in [5.74, 6) is 1.50. The first-order valence-electron chi connectivity index (χ1n) is 9.54. The Morgan fingerprint density at radius 2 is 1.70 bits per heavy atom. The normalized spacial score (nSPS) is 23.4.